The summed E-state index contributed by atoms with van der Waals surface area (Å²) in [6.45, 7) is 12.3. The first kappa shape index (κ1) is 14.2. The summed E-state index contributed by atoms with van der Waals surface area (Å²) in [5, 5.41) is 1.38. The molecule has 1 aromatic heterocycles. The lowest BCUT2D eigenvalue weighted by atomic mass is 10.2. The van der Waals surface area contributed by atoms with Gasteiger partial charge in [-0.15, -0.1) is 11.3 Å². The van der Waals surface area contributed by atoms with Gasteiger partial charge in [0.15, 0.2) is 0 Å². The smallest absolute Gasteiger partial charge is 0.0345 e. The van der Waals surface area contributed by atoms with Gasteiger partial charge < -0.3 is 0 Å². The second-order valence-corrected chi connectivity index (χ2v) is 4.19. The fraction of sp³-hybridized carbons (Fsp3) is 0.429. The highest BCUT2D eigenvalue weighted by molar-refractivity contribution is 7.19. The van der Waals surface area contributed by atoms with Gasteiger partial charge in [0, 0.05) is 9.58 Å². The molecule has 0 fully saturated rings. The molecule has 0 atom stereocenters. The Morgan fingerprint density at radius 1 is 0.867 bits per heavy atom. The van der Waals surface area contributed by atoms with E-state index in [1.165, 1.54) is 20.5 Å². The number of hydrogen-bond donors (Lipinski definition) is 0. The zero-order valence-electron chi connectivity index (χ0n) is 10.7. The molecule has 0 aliphatic rings. The molecule has 0 amide bonds. The summed E-state index contributed by atoms with van der Waals surface area (Å²) >= 11 is 1.86. The minimum atomic E-state index is 1.34. The van der Waals surface area contributed by atoms with E-state index in [0.29, 0.717) is 0 Å². The Kier molecular flexibility index (Phi) is 7.06. The molecule has 0 aliphatic carbocycles. The lowest BCUT2D eigenvalue weighted by Gasteiger charge is -1.89. The molecular weight excluding hydrogens is 200 g/mol. The number of hydrogen-bond acceptors (Lipinski definition) is 1. The van der Waals surface area contributed by atoms with Gasteiger partial charge in [-0.2, -0.15) is 0 Å². The van der Waals surface area contributed by atoms with E-state index in [2.05, 4.69) is 38.1 Å². The summed E-state index contributed by atoms with van der Waals surface area (Å²) in [5.74, 6) is 0. The van der Waals surface area contributed by atoms with Gasteiger partial charge in [-0.05, 0) is 31.4 Å². The first-order chi connectivity index (χ1) is 7.25. The topological polar surface area (TPSA) is 0 Å². The highest BCUT2D eigenvalue weighted by atomic mass is 32.1. The van der Waals surface area contributed by atoms with Crippen LogP contribution in [0, 0.1) is 13.8 Å². The van der Waals surface area contributed by atoms with Crippen LogP contribution in [0.3, 0.4) is 0 Å². The van der Waals surface area contributed by atoms with Crippen LogP contribution in [0.25, 0.3) is 10.1 Å². The van der Waals surface area contributed by atoms with Gasteiger partial charge in [0.25, 0.3) is 0 Å². The maximum Gasteiger partial charge on any atom is 0.0345 e. The molecule has 0 N–H and O–H groups in total. The third-order valence-electron chi connectivity index (χ3n) is 1.80. The van der Waals surface area contributed by atoms with Crippen molar-refractivity contribution in [3.8, 4) is 0 Å². The summed E-state index contributed by atoms with van der Waals surface area (Å²) in [6.07, 6.45) is 0. The van der Waals surface area contributed by atoms with E-state index in [1.54, 1.807) is 0 Å². The minimum Gasteiger partial charge on any atom is -0.141 e. The molecule has 1 aromatic carbocycles. The van der Waals surface area contributed by atoms with Crippen molar-refractivity contribution in [2.45, 2.75) is 41.5 Å². The summed E-state index contributed by atoms with van der Waals surface area (Å²) < 4.78 is 1.40. The third kappa shape index (κ3) is 4.05. The van der Waals surface area contributed by atoms with Gasteiger partial charge in [0.2, 0.25) is 0 Å². The highest BCUT2D eigenvalue weighted by Gasteiger charge is 1.96. The molecule has 0 aliphatic heterocycles. The van der Waals surface area contributed by atoms with E-state index < -0.39 is 0 Å². The molecule has 0 radical (unpaired) electrons. The van der Waals surface area contributed by atoms with Crippen molar-refractivity contribution in [1.82, 2.24) is 0 Å². The number of rotatable bonds is 0. The van der Waals surface area contributed by atoms with Crippen molar-refractivity contribution in [3.05, 3.63) is 34.7 Å². The van der Waals surface area contributed by atoms with Crippen LogP contribution in [-0.4, -0.2) is 0 Å². The van der Waals surface area contributed by atoms with E-state index in [9.17, 15) is 0 Å². The normalized spacial score (nSPS) is 8.67. The molecule has 84 valence electrons. The summed E-state index contributed by atoms with van der Waals surface area (Å²) in [6, 6.07) is 8.84. The van der Waals surface area contributed by atoms with Crippen molar-refractivity contribution in [2.24, 2.45) is 0 Å². The largest absolute Gasteiger partial charge is 0.141 e. The van der Waals surface area contributed by atoms with Crippen LogP contribution in [-0.2, 0) is 0 Å². The van der Waals surface area contributed by atoms with Crippen LogP contribution < -0.4 is 0 Å². The van der Waals surface area contributed by atoms with E-state index >= 15 is 0 Å². The molecule has 0 unspecified atom stereocenters. The van der Waals surface area contributed by atoms with Crippen LogP contribution >= 0.6 is 11.3 Å². The van der Waals surface area contributed by atoms with Gasteiger partial charge in [-0.1, -0.05) is 45.4 Å². The van der Waals surface area contributed by atoms with E-state index in [1.807, 2.05) is 39.0 Å². The lowest BCUT2D eigenvalue weighted by Crippen LogP contribution is -1.67. The van der Waals surface area contributed by atoms with E-state index in [0.717, 1.165) is 0 Å². The minimum absolute atomic E-state index is 1.34. The van der Waals surface area contributed by atoms with Crippen LogP contribution in [0.4, 0.5) is 0 Å². The average Bonchev–Trinajstić information content (AvgIpc) is 2.63. The first-order valence-electron chi connectivity index (χ1n) is 5.72. The molecule has 2 aromatic rings. The van der Waals surface area contributed by atoms with Gasteiger partial charge in [-0.25, -0.2) is 0 Å². The Bertz CT molecular complexity index is 385. The third-order valence-corrected chi connectivity index (χ3v) is 2.83. The fourth-order valence-corrected chi connectivity index (χ4v) is 2.20. The van der Waals surface area contributed by atoms with Gasteiger partial charge >= 0.3 is 0 Å². The molecule has 1 heterocycles. The van der Waals surface area contributed by atoms with Crippen molar-refractivity contribution < 1.29 is 0 Å². The quantitative estimate of drug-likeness (QED) is 0.546. The zero-order chi connectivity index (χ0) is 11.8. The Morgan fingerprint density at radius 2 is 1.47 bits per heavy atom. The maximum atomic E-state index is 2.24. The number of fused-ring (bicyclic) bond motifs is 1. The zero-order valence-corrected chi connectivity index (χ0v) is 11.5. The molecule has 0 saturated heterocycles. The molecule has 0 bridgehead atoms. The maximum absolute atomic E-state index is 2.24. The predicted molar refractivity (Wildman–Crippen MR) is 74.0 cm³/mol. The Balaban J connectivity index is 0.000000442. The molecule has 0 nitrogen and oxygen atoms in total. The van der Waals surface area contributed by atoms with Gasteiger partial charge in [0.1, 0.15) is 0 Å². The molecule has 2 rings (SSSR count). The van der Waals surface area contributed by atoms with Crippen molar-refractivity contribution >= 4 is 21.4 Å². The second kappa shape index (κ2) is 7.47. The van der Waals surface area contributed by atoms with Crippen LogP contribution in [0.15, 0.2) is 24.3 Å². The number of thiophene rings is 1. The fourth-order valence-electron chi connectivity index (χ4n) is 1.30. The van der Waals surface area contributed by atoms with Crippen molar-refractivity contribution in [3.63, 3.8) is 0 Å². The summed E-state index contributed by atoms with van der Waals surface area (Å²) in [4.78, 5) is 1.39. The van der Waals surface area contributed by atoms with Crippen molar-refractivity contribution in [2.75, 3.05) is 0 Å². The Morgan fingerprint density at radius 3 is 2.07 bits per heavy atom. The average molecular weight is 222 g/mol. The summed E-state index contributed by atoms with van der Waals surface area (Å²) in [7, 11) is 0. The molecule has 0 spiro atoms. The van der Waals surface area contributed by atoms with Crippen LogP contribution in [0.1, 0.15) is 38.1 Å². The molecule has 1 heteroatoms. The molecule has 0 saturated carbocycles. The number of aryl methyl sites for hydroxylation is 2. The number of benzene rings is 1. The second-order valence-electron chi connectivity index (χ2n) is 2.90. The lowest BCUT2D eigenvalue weighted by molar-refractivity contribution is 1.50. The SMILES string of the molecule is CC.CC.Cc1ccc2sc(C)cc2c1. The van der Waals surface area contributed by atoms with E-state index in [-0.39, 0.29) is 0 Å². The Labute approximate surface area is 98.0 Å². The van der Waals surface area contributed by atoms with Crippen LogP contribution in [0.5, 0.6) is 0 Å². The molecule has 15 heavy (non-hydrogen) atoms. The van der Waals surface area contributed by atoms with Crippen LogP contribution in [0.2, 0.25) is 0 Å². The first-order valence-corrected chi connectivity index (χ1v) is 6.54. The monoisotopic (exact) mass is 222 g/mol. The Hall–Kier alpha value is -0.820. The molecular formula is C14H22S. The predicted octanol–water partition coefficient (Wildman–Crippen LogP) is 5.57. The summed E-state index contributed by atoms with van der Waals surface area (Å²) in [5.41, 5.74) is 1.34. The van der Waals surface area contributed by atoms with Gasteiger partial charge in [0.05, 0.1) is 0 Å². The van der Waals surface area contributed by atoms with E-state index in [4.69, 9.17) is 0 Å². The standard InChI is InChI=1S/C10H10S.2C2H6/c1-7-3-4-10-9(5-7)6-8(2)11-10;2*1-2/h3-6H,1-2H3;2*1-2H3. The van der Waals surface area contributed by atoms with Gasteiger partial charge in [-0.3, -0.25) is 0 Å². The van der Waals surface area contributed by atoms with Crippen molar-refractivity contribution in [1.29, 1.82) is 0 Å². The highest BCUT2D eigenvalue weighted by Crippen LogP contribution is 2.25.